The van der Waals surface area contributed by atoms with Gasteiger partial charge in [0.1, 0.15) is 5.01 Å². The first-order valence-corrected chi connectivity index (χ1v) is 7.06. The third-order valence-electron chi connectivity index (χ3n) is 3.00. The highest BCUT2D eigenvalue weighted by atomic mass is 32.1. The molecule has 0 aromatic carbocycles. The van der Waals surface area contributed by atoms with E-state index in [0.717, 1.165) is 18.8 Å². The van der Waals surface area contributed by atoms with Crippen molar-refractivity contribution >= 4 is 11.3 Å². The highest BCUT2D eigenvalue weighted by Gasteiger charge is 2.08. The molecule has 0 aliphatic carbocycles. The average Bonchev–Trinajstić information content (AvgIpc) is 2.72. The number of aromatic nitrogens is 1. The molecule has 0 atom stereocenters. The van der Waals surface area contributed by atoms with Crippen molar-refractivity contribution in [1.82, 2.24) is 15.2 Å². The fraction of sp³-hybridized carbons (Fsp3) is 0.750. The largest absolute Gasteiger partial charge is 0.309 e. The normalized spacial score (nSPS) is 17.8. The van der Waals surface area contributed by atoms with Crippen molar-refractivity contribution in [1.29, 1.82) is 0 Å². The van der Waals surface area contributed by atoms with Crippen molar-refractivity contribution in [2.45, 2.75) is 32.7 Å². The lowest BCUT2D eigenvalue weighted by molar-refractivity contribution is 0.229. The molecule has 2 rings (SSSR count). The maximum atomic E-state index is 4.44. The SMILES string of the molecule is Cc1csc(CNCCN2CCCCC2)n1. The molecule has 0 amide bonds. The van der Waals surface area contributed by atoms with Gasteiger partial charge in [-0.25, -0.2) is 4.98 Å². The van der Waals surface area contributed by atoms with Crippen molar-refractivity contribution in [3.8, 4) is 0 Å². The highest BCUT2D eigenvalue weighted by molar-refractivity contribution is 7.09. The summed E-state index contributed by atoms with van der Waals surface area (Å²) in [6, 6.07) is 0. The molecule has 1 N–H and O–H groups in total. The van der Waals surface area contributed by atoms with E-state index in [9.17, 15) is 0 Å². The first kappa shape index (κ1) is 12.0. The van der Waals surface area contributed by atoms with Crippen LogP contribution in [0.2, 0.25) is 0 Å². The quantitative estimate of drug-likeness (QED) is 0.797. The van der Waals surface area contributed by atoms with Gasteiger partial charge >= 0.3 is 0 Å². The molecule has 1 aromatic heterocycles. The monoisotopic (exact) mass is 239 g/mol. The molecule has 0 spiro atoms. The average molecular weight is 239 g/mol. The van der Waals surface area contributed by atoms with Crippen molar-refractivity contribution in [3.63, 3.8) is 0 Å². The highest BCUT2D eigenvalue weighted by Crippen LogP contribution is 2.09. The zero-order valence-corrected chi connectivity index (χ0v) is 10.9. The van der Waals surface area contributed by atoms with Crippen LogP contribution in [-0.2, 0) is 6.54 Å². The number of rotatable bonds is 5. The number of likely N-dealkylation sites (tertiary alicyclic amines) is 1. The Hall–Kier alpha value is -0.450. The van der Waals surface area contributed by atoms with Crippen LogP contribution in [0, 0.1) is 6.92 Å². The van der Waals surface area contributed by atoms with Gasteiger partial charge in [-0.1, -0.05) is 6.42 Å². The molecule has 90 valence electrons. The second kappa shape index (κ2) is 6.33. The number of piperidine rings is 1. The van der Waals surface area contributed by atoms with Gasteiger partial charge in [0.2, 0.25) is 0 Å². The van der Waals surface area contributed by atoms with Crippen molar-refractivity contribution in [2.75, 3.05) is 26.2 Å². The molecule has 1 aliphatic heterocycles. The summed E-state index contributed by atoms with van der Waals surface area (Å²) in [5.74, 6) is 0. The van der Waals surface area contributed by atoms with Crippen LogP contribution < -0.4 is 5.32 Å². The summed E-state index contributed by atoms with van der Waals surface area (Å²) in [4.78, 5) is 7.00. The van der Waals surface area contributed by atoms with E-state index < -0.39 is 0 Å². The molecule has 0 saturated carbocycles. The number of aryl methyl sites for hydroxylation is 1. The third-order valence-corrected chi connectivity index (χ3v) is 3.96. The number of hydrogen-bond acceptors (Lipinski definition) is 4. The first-order chi connectivity index (χ1) is 7.84. The van der Waals surface area contributed by atoms with Gasteiger partial charge in [-0.3, -0.25) is 0 Å². The van der Waals surface area contributed by atoms with E-state index in [0.29, 0.717) is 0 Å². The Balaban J connectivity index is 1.57. The zero-order chi connectivity index (χ0) is 11.2. The standard InChI is InChI=1S/C12H21N3S/c1-11-10-16-12(14-11)9-13-5-8-15-6-3-2-4-7-15/h10,13H,2-9H2,1H3. The van der Waals surface area contributed by atoms with E-state index in [1.807, 2.05) is 6.92 Å². The first-order valence-electron chi connectivity index (χ1n) is 6.19. The van der Waals surface area contributed by atoms with E-state index in [4.69, 9.17) is 0 Å². The van der Waals surface area contributed by atoms with Crippen molar-refractivity contribution in [2.24, 2.45) is 0 Å². The Bertz CT molecular complexity index is 305. The molecule has 0 bridgehead atoms. The predicted octanol–water partition coefficient (Wildman–Crippen LogP) is 2.03. The van der Waals surface area contributed by atoms with E-state index in [1.165, 1.54) is 43.9 Å². The van der Waals surface area contributed by atoms with Crippen LogP contribution in [0.4, 0.5) is 0 Å². The number of hydrogen-bond donors (Lipinski definition) is 1. The van der Waals surface area contributed by atoms with E-state index in [-0.39, 0.29) is 0 Å². The second-order valence-corrected chi connectivity index (χ2v) is 5.40. The number of nitrogens with one attached hydrogen (secondary N) is 1. The molecule has 1 aromatic rings. The molecule has 16 heavy (non-hydrogen) atoms. The summed E-state index contributed by atoms with van der Waals surface area (Å²) in [5.41, 5.74) is 1.14. The van der Waals surface area contributed by atoms with Gasteiger partial charge in [0.05, 0.1) is 0 Å². The Morgan fingerprint density at radius 3 is 2.88 bits per heavy atom. The van der Waals surface area contributed by atoms with Gasteiger partial charge in [0, 0.05) is 30.7 Å². The van der Waals surface area contributed by atoms with Crippen LogP contribution in [0.1, 0.15) is 30.0 Å². The molecule has 1 fully saturated rings. The Morgan fingerprint density at radius 1 is 1.38 bits per heavy atom. The lowest BCUT2D eigenvalue weighted by Gasteiger charge is -2.26. The zero-order valence-electron chi connectivity index (χ0n) is 10.0. The van der Waals surface area contributed by atoms with Crippen LogP contribution >= 0.6 is 11.3 Å². The molecule has 0 radical (unpaired) electrons. The topological polar surface area (TPSA) is 28.2 Å². The molecule has 2 heterocycles. The number of nitrogens with zero attached hydrogens (tertiary/aromatic N) is 2. The maximum absolute atomic E-state index is 4.44. The Labute approximate surface area is 102 Å². The second-order valence-electron chi connectivity index (χ2n) is 4.46. The fourth-order valence-corrected chi connectivity index (χ4v) is 2.84. The molecule has 0 unspecified atom stereocenters. The smallest absolute Gasteiger partial charge is 0.107 e. The summed E-state index contributed by atoms with van der Waals surface area (Å²) in [6.45, 7) is 7.82. The maximum Gasteiger partial charge on any atom is 0.107 e. The Kier molecular flexibility index (Phi) is 4.75. The Morgan fingerprint density at radius 2 is 2.19 bits per heavy atom. The number of thiazole rings is 1. The van der Waals surface area contributed by atoms with Gasteiger partial charge in [-0.2, -0.15) is 0 Å². The molecule has 3 nitrogen and oxygen atoms in total. The third kappa shape index (κ3) is 3.85. The summed E-state index contributed by atoms with van der Waals surface area (Å²) in [5, 5.41) is 6.79. The molecule has 4 heteroatoms. The molecular weight excluding hydrogens is 218 g/mol. The van der Waals surface area contributed by atoms with Crippen LogP contribution in [-0.4, -0.2) is 36.1 Å². The summed E-state index contributed by atoms with van der Waals surface area (Å²) >= 11 is 1.75. The van der Waals surface area contributed by atoms with E-state index in [1.54, 1.807) is 11.3 Å². The van der Waals surface area contributed by atoms with E-state index in [2.05, 4.69) is 20.6 Å². The van der Waals surface area contributed by atoms with Crippen molar-refractivity contribution < 1.29 is 0 Å². The van der Waals surface area contributed by atoms with Gasteiger partial charge in [-0.15, -0.1) is 11.3 Å². The fourth-order valence-electron chi connectivity index (χ4n) is 2.10. The van der Waals surface area contributed by atoms with Crippen LogP contribution in [0.25, 0.3) is 0 Å². The minimum Gasteiger partial charge on any atom is -0.309 e. The van der Waals surface area contributed by atoms with Gasteiger partial charge in [-0.05, 0) is 32.9 Å². The van der Waals surface area contributed by atoms with Crippen molar-refractivity contribution in [3.05, 3.63) is 16.1 Å². The van der Waals surface area contributed by atoms with E-state index >= 15 is 0 Å². The molecule has 1 aliphatic rings. The molecule has 1 saturated heterocycles. The summed E-state index contributed by atoms with van der Waals surface area (Å²) in [7, 11) is 0. The minimum atomic E-state index is 0.923. The molecular formula is C12H21N3S. The van der Waals surface area contributed by atoms with Crippen LogP contribution in [0.3, 0.4) is 0 Å². The van der Waals surface area contributed by atoms with Gasteiger partial charge < -0.3 is 10.2 Å². The van der Waals surface area contributed by atoms with Crippen LogP contribution in [0.15, 0.2) is 5.38 Å². The predicted molar refractivity (Wildman–Crippen MR) is 68.8 cm³/mol. The van der Waals surface area contributed by atoms with Gasteiger partial charge in [0.15, 0.2) is 0 Å². The van der Waals surface area contributed by atoms with Crippen LogP contribution in [0.5, 0.6) is 0 Å². The summed E-state index contributed by atoms with van der Waals surface area (Å²) in [6.07, 6.45) is 4.18. The van der Waals surface area contributed by atoms with Gasteiger partial charge in [0.25, 0.3) is 0 Å². The summed E-state index contributed by atoms with van der Waals surface area (Å²) < 4.78 is 0. The lowest BCUT2D eigenvalue weighted by Crippen LogP contribution is -2.35. The minimum absolute atomic E-state index is 0.923. The lowest BCUT2D eigenvalue weighted by atomic mass is 10.1.